The molecule has 9 heteroatoms. The number of benzene rings is 1. The first-order chi connectivity index (χ1) is 12.2. The Kier molecular flexibility index (Phi) is 7.84. The highest BCUT2D eigenvalue weighted by atomic mass is 19.1. The summed E-state index contributed by atoms with van der Waals surface area (Å²) in [5.41, 5.74) is 0.625. The minimum atomic E-state index is -1.26. The molecule has 0 radical (unpaired) electrons. The number of nitrogens with zero attached hydrogens (tertiary/aromatic N) is 2. The van der Waals surface area contributed by atoms with Crippen molar-refractivity contribution in [1.29, 1.82) is 0 Å². The third kappa shape index (κ3) is 7.49. The maximum atomic E-state index is 12.7. The lowest BCUT2D eigenvalue weighted by atomic mass is 10.1. The van der Waals surface area contributed by atoms with E-state index in [-0.39, 0.29) is 17.3 Å². The molecule has 0 aliphatic rings. The fraction of sp³-hybridized carbons (Fsp3) is 0.176. The number of aromatic nitrogens is 1. The van der Waals surface area contributed by atoms with Crippen molar-refractivity contribution >= 4 is 17.7 Å². The van der Waals surface area contributed by atoms with E-state index in [4.69, 9.17) is 14.7 Å². The smallest absolute Gasteiger partial charge is 0.328 e. The second-order valence-corrected chi connectivity index (χ2v) is 5.26. The third-order valence-electron chi connectivity index (χ3n) is 2.74. The topological polar surface area (TPSA) is 121 Å². The molecule has 1 heterocycles. The monoisotopic (exact) mass is 364 g/mol. The van der Waals surface area contributed by atoms with Crippen LogP contribution in [0.4, 0.5) is 4.39 Å². The molecule has 0 fully saturated rings. The molecule has 8 nitrogen and oxygen atoms in total. The molecule has 1 aromatic carbocycles. The maximum absolute atomic E-state index is 12.7. The molecule has 0 amide bonds. The molecule has 2 rings (SSSR count). The van der Waals surface area contributed by atoms with Crippen LogP contribution in [0.3, 0.4) is 0 Å². The van der Waals surface area contributed by atoms with E-state index in [2.05, 4.69) is 5.16 Å². The highest BCUT2D eigenvalue weighted by molar-refractivity contribution is 6.07. The highest BCUT2D eigenvalue weighted by Gasteiger charge is 2.15. The van der Waals surface area contributed by atoms with Crippen molar-refractivity contribution in [2.75, 3.05) is 14.1 Å². The zero-order valence-electron chi connectivity index (χ0n) is 14.0. The van der Waals surface area contributed by atoms with Gasteiger partial charge in [0.15, 0.2) is 11.5 Å². The Balaban J connectivity index is 0.000000359. The summed E-state index contributed by atoms with van der Waals surface area (Å²) >= 11 is 0. The van der Waals surface area contributed by atoms with Gasteiger partial charge in [0.1, 0.15) is 5.82 Å². The SMILES string of the molecule is CN(C)Cc1cc(C(=O)c2ccc(F)cc2)no1.O=C(O)C=CC(=O)O. The van der Waals surface area contributed by atoms with Gasteiger partial charge >= 0.3 is 11.9 Å². The quantitative estimate of drug-likeness (QED) is 0.588. The second kappa shape index (κ2) is 9.84. The van der Waals surface area contributed by atoms with E-state index in [9.17, 15) is 18.8 Å². The number of carboxylic acid groups (broad SMARTS) is 2. The standard InChI is InChI=1S/C13H13FN2O2.C4H4O4/c1-16(2)8-11-7-12(15-18-11)13(17)9-3-5-10(14)6-4-9;5-3(6)1-2-4(7)8/h3-7H,8H2,1-2H3;1-2H,(H,5,6)(H,7,8). The molecule has 26 heavy (non-hydrogen) atoms. The number of hydrogen-bond donors (Lipinski definition) is 2. The van der Waals surface area contributed by atoms with E-state index in [0.29, 0.717) is 30.0 Å². The Labute approximate surface area is 148 Å². The number of carbonyl (C=O) groups excluding carboxylic acids is 1. The van der Waals surface area contributed by atoms with E-state index in [1.807, 2.05) is 19.0 Å². The zero-order chi connectivity index (χ0) is 19.7. The highest BCUT2D eigenvalue weighted by Crippen LogP contribution is 2.12. The van der Waals surface area contributed by atoms with Crippen LogP contribution in [0.2, 0.25) is 0 Å². The molecule has 2 aromatic rings. The van der Waals surface area contributed by atoms with Gasteiger partial charge in [0.2, 0.25) is 5.78 Å². The predicted octanol–water partition coefficient (Wildman–Crippen LogP) is 1.82. The average Bonchev–Trinajstić information content (AvgIpc) is 3.01. The Hall–Kier alpha value is -3.33. The van der Waals surface area contributed by atoms with Gasteiger partial charge in [0, 0.05) is 23.8 Å². The molecule has 0 saturated heterocycles. The Morgan fingerprint density at radius 3 is 2.12 bits per heavy atom. The molecule has 0 aliphatic heterocycles. The summed E-state index contributed by atoms with van der Waals surface area (Å²) in [5, 5.41) is 19.3. The van der Waals surface area contributed by atoms with Crippen molar-refractivity contribution in [3.05, 3.63) is 65.3 Å². The van der Waals surface area contributed by atoms with Crippen molar-refractivity contribution in [3.8, 4) is 0 Å². The normalized spacial score (nSPS) is 10.5. The number of halogens is 1. The molecule has 0 spiro atoms. The van der Waals surface area contributed by atoms with Crippen molar-refractivity contribution in [1.82, 2.24) is 10.1 Å². The third-order valence-corrected chi connectivity index (χ3v) is 2.74. The molecular formula is C17H17FN2O6. The number of hydrogen-bond acceptors (Lipinski definition) is 6. The fourth-order valence-electron chi connectivity index (χ4n) is 1.70. The summed E-state index contributed by atoms with van der Waals surface area (Å²) in [5.74, 6) is -2.55. The zero-order valence-corrected chi connectivity index (χ0v) is 14.0. The van der Waals surface area contributed by atoms with Crippen LogP contribution in [0.5, 0.6) is 0 Å². The van der Waals surface area contributed by atoms with Gasteiger partial charge in [0.25, 0.3) is 0 Å². The second-order valence-electron chi connectivity index (χ2n) is 5.26. The van der Waals surface area contributed by atoms with Crippen LogP contribution in [0.25, 0.3) is 0 Å². The molecule has 0 atom stereocenters. The van der Waals surface area contributed by atoms with Gasteiger partial charge in [-0.15, -0.1) is 0 Å². The van der Waals surface area contributed by atoms with Gasteiger partial charge in [-0.3, -0.25) is 4.79 Å². The molecule has 2 N–H and O–H groups in total. The number of ketones is 1. The minimum Gasteiger partial charge on any atom is -0.478 e. The average molecular weight is 364 g/mol. The van der Waals surface area contributed by atoms with Crippen LogP contribution < -0.4 is 0 Å². The van der Waals surface area contributed by atoms with Crippen LogP contribution in [0.15, 0.2) is 47.0 Å². The van der Waals surface area contributed by atoms with Crippen LogP contribution in [0, 0.1) is 5.82 Å². The molecule has 0 bridgehead atoms. The van der Waals surface area contributed by atoms with Gasteiger partial charge in [-0.2, -0.15) is 0 Å². The van der Waals surface area contributed by atoms with Crippen LogP contribution in [-0.4, -0.2) is 52.1 Å². The van der Waals surface area contributed by atoms with E-state index < -0.39 is 11.9 Å². The number of carboxylic acids is 2. The summed E-state index contributed by atoms with van der Waals surface area (Å²) < 4.78 is 17.8. The number of carbonyl (C=O) groups is 3. The Morgan fingerprint density at radius 1 is 1.12 bits per heavy atom. The largest absolute Gasteiger partial charge is 0.478 e. The van der Waals surface area contributed by atoms with Crippen LogP contribution in [0.1, 0.15) is 21.8 Å². The van der Waals surface area contributed by atoms with E-state index in [1.54, 1.807) is 6.07 Å². The van der Waals surface area contributed by atoms with E-state index in [1.165, 1.54) is 24.3 Å². The predicted molar refractivity (Wildman–Crippen MR) is 88.1 cm³/mol. The van der Waals surface area contributed by atoms with E-state index in [0.717, 1.165) is 0 Å². The minimum absolute atomic E-state index is 0.235. The first-order valence-electron chi connectivity index (χ1n) is 7.23. The molecule has 0 unspecified atom stereocenters. The Morgan fingerprint density at radius 2 is 1.65 bits per heavy atom. The first-order valence-corrected chi connectivity index (χ1v) is 7.23. The maximum Gasteiger partial charge on any atom is 0.328 e. The van der Waals surface area contributed by atoms with Crippen LogP contribution in [-0.2, 0) is 16.1 Å². The van der Waals surface area contributed by atoms with Gasteiger partial charge in [-0.25, -0.2) is 14.0 Å². The van der Waals surface area contributed by atoms with Crippen molar-refractivity contribution in [2.45, 2.75) is 6.54 Å². The molecule has 0 aliphatic carbocycles. The van der Waals surface area contributed by atoms with Crippen molar-refractivity contribution < 1.29 is 33.5 Å². The first kappa shape index (κ1) is 20.7. The lowest BCUT2D eigenvalue weighted by molar-refractivity contribution is -0.134. The van der Waals surface area contributed by atoms with E-state index >= 15 is 0 Å². The summed E-state index contributed by atoms with van der Waals surface area (Å²) in [6.07, 6.45) is 1.12. The summed E-state index contributed by atoms with van der Waals surface area (Å²) in [4.78, 5) is 33.0. The van der Waals surface area contributed by atoms with Gasteiger partial charge in [-0.1, -0.05) is 5.16 Å². The fourth-order valence-corrected chi connectivity index (χ4v) is 1.70. The molecule has 138 valence electrons. The van der Waals surface area contributed by atoms with Gasteiger partial charge in [0.05, 0.1) is 6.54 Å². The Bertz CT molecular complexity index is 780. The lowest BCUT2D eigenvalue weighted by Crippen LogP contribution is -2.09. The summed E-state index contributed by atoms with van der Waals surface area (Å²) in [7, 11) is 3.79. The molecule has 0 saturated carbocycles. The van der Waals surface area contributed by atoms with Crippen LogP contribution >= 0.6 is 0 Å². The number of rotatable bonds is 6. The molecule has 1 aromatic heterocycles. The van der Waals surface area contributed by atoms with Gasteiger partial charge < -0.3 is 19.6 Å². The number of aliphatic carboxylic acids is 2. The van der Waals surface area contributed by atoms with Crippen molar-refractivity contribution in [2.24, 2.45) is 0 Å². The molecular weight excluding hydrogens is 347 g/mol. The lowest BCUT2D eigenvalue weighted by Gasteiger charge is -2.03. The van der Waals surface area contributed by atoms with Crippen molar-refractivity contribution in [3.63, 3.8) is 0 Å². The summed E-state index contributed by atoms with van der Waals surface area (Å²) in [6, 6.07) is 6.95. The van der Waals surface area contributed by atoms with Gasteiger partial charge in [-0.05, 0) is 38.4 Å². The summed E-state index contributed by atoms with van der Waals surface area (Å²) in [6.45, 7) is 0.573.